The highest BCUT2D eigenvalue weighted by molar-refractivity contribution is 5.85. The largest absolute Gasteiger partial charge is 0.363 e. The first kappa shape index (κ1) is 15.6. The topological polar surface area (TPSA) is 47.7 Å². The normalized spacial score (nSPS) is 10.5. The molecule has 19 heavy (non-hydrogen) atoms. The van der Waals surface area contributed by atoms with E-state index in [0.717, 1.165) is 25.3 Å². The molecule has 5 nitrogen and oxygen atoms in total. The Morgan fingerprint density at radius 1 is 1.32 bits per heavy atom. The van der Waals surface area contributed by atoms with Crippen molar-refractivity contribution in [3.63, 3.8) is 0 Å². The average Bonchev–Trinajstić information content (AvgIpc) is 2.95. The van der Waals surface area contributed by atoms with E-state index < -0.39 is 0 Å². The molecule has 0 spiro atoms. The molecule has 0 saturated carbocycles. The summed E-state index contributed by atoms with van der Waals surface area (Å²) in [6, 6.07) is 4.43. The van der Waals surface area contributed by atoms with Crippen LogP contribution in [0.1, 0.15) is 38.9 Å². The Balaban J connectivity index is 0.00000180. The van der Waals surface area contributed by atoms with Gasteiger partial charge in [0, 0.05) is 31.0 Å². The molecule has 0 amide bonds. The number of anilines is 1. The van der Waals surface area contributed by atoms with E-state index in [4.69, 9.17) is 0 Å². The van der Waals surface area contributed by atoms with Gasteiger partial charge in [-0.2, -0.15) is 10.2 Å². The van der Waals surface area contributed by atoms with Gasteiger partial charge in [-0.1, -0.05) is 6.92 Å². The van der Waals surface area contributed by atoms with Crippen molar-refractivity contribution in [2.75, 3.05) is 5.32 Å². The van der Waals surface area contributed by atoms with Crippen LogP contribution in [0.5, 0.6) is 0 Å². The van der Waals surface area contributed by atoms with E-state index in [0.29, 0.717) is 6.04 Å². The summed E-state index contributed by atoms with van der Waals surface area (Å²) in [5.74, 6) is 0.917. The minimum Gasteiger partial charge on any atom is -0.363 e. The smallest absolute Gasteiger partial charge is 0.148 e. The number of nitrogens with zero attached hydrogens (tertiary/aromatic N) is 4. The molecule has 0 aromatic carbocycles. The number of hydrogen-bond acceptors (Lipinski definition) is 3. The second kappa shape index (κ2) is 7.19. The van der Waals surface area contributed by atoms with Crippen LogP contribution in [-0.2, 0) is 13.1 Å². The minimum atomic E-state index is 0. The molecule has 0 aliphatic heterocycles. The maximum atomic E-state index is 4.45. The second-order valence-electron chi connectivity index (χ2n) is 4.68. The van der Waals surface area contributed by atoms with Crippen molar-refractivity contribution in [3.8, 4) is 0 Å². The summed E-state index contributed by atoms with van der Waals surface area (Å²) >= 11 is 0. The van der Waals surface area contributed by atoms with Crippen LogP contribution in [0.3, 0.4) is 0 Å². The van der Waals surface area contributed by atoms with Gasteiger partial charge in [-0.05, 0) is 26.3 Å². The lowest BCUT2D eigenvalue weighted by Gasteiger charge is -2.11. The molecule has 0 aliphatic rings. The fourth-order valence-corrected chi connectivity index (χ4v) is 1.94. The van der Waals surface area contributed by atoms with E-state index in [9.17, 15) is 0 Å². The molecule has 0 radical (unpaired) electrons. The molecule has 1 N–H and O–H groups in total. The Kier molecular flexibility index (Phi) is 5.89. The Morgan fingerprint density at radius 2 is 2.11 bits per heavy atom. The van der Waals surface area contributed by atoms with Crippen molar-refractivity contribution in [1.29, 1.82) is 0 Å². The van der Waals surface area contributed by atoms with Gasteiger partial charge in [-0.25, -0.2) is 0 Å². The van der Waals surface area contributed by atoms with Gasteiger partial charge in [0.15, 0.2) is 0 Å². The molecule has 0 aliphatic carbocycles. The van der Waals surface area contributed by atoms with E-state index in [1.807, 2.05) is 33.9 Å². The van der Waals surface area contributed by atoms with Crippen LogP contribution in [0.25, 0.3) is 0 Å². The van der Waals surface area contributed by atoms with E-state index in [1.54, 1.807) is 0 Å². The highest BCUT2D eigenvalue weighted by atomic mass is 35.5. The summed E-state index contributed by atoms with van der Waals surface area (Å²) < 4.78 is 3.98. The molecule has 2 aromatic heterocycles. The number of aromatic nitrogens is 4. The van der Waals surface area contributed by atoms with Gasteiger partial charge in [-0.3, -0.25) is 9.36 Å². The van der Waals surface area contributed by atoms with Crippen molar-refractivity contribution in [2.45, 2.75) is 46.3 Å². The van der Waals surface area contributed by atoms with Crippen LogP contribution in [-0.4, -0.2) is 19.6 Å². The molecule has 106 valence electrons. The fourth-order valence-electron chi connectivity index (χ4n) is 1.94. The van der Waals surface area contributed by atoms with Crippen LogP contribution >= 0.6 is 12.4 Å². The first-order chi connectivity index (χ1) is 8.70. The summed E-state index contributed by atoms with van der Waals surface area (Å²) in [5.41, 5.74) is 1.18. The molecule has 0 fully saturated rings. The fraction of sp³-hybridized carbons (Fsp3) is 0.538. The van der Waals surface area contributed by atoms with Crippen LogP contribution in [0.15, 0.2) is 24.5 Å². The number of nitrogens with one attached hydrogen (secondary N) is 1. The van der Waals surface area contributed by atoms with Crippen LogP contribution in [0.2, 0.25) is 0 Å². The van der Waals surface area contributed by atoms with Crippen molar-refractivity contribution >= 4 is 18.2 Å². The molecule has 0 unspecified atom stereocenters. The zero-order chi connectivity index (χ0) is 13.0. The van der Waals surface area contributed by atoms with Gasteiger partial charge >= 0.3 is 0 Å². The van der Waals surface area contributed by atoms with Gasteiger partial charge in [-0.15, -0.1) is 12.4 Å². The summed E-state index contributed by atoms with van der Waals surface area (Å²) in [7, 11) is 0. The predicted molar refractivity (Wildman–Crippen MR) is 79.7 cm³/mol. The molecule has 0 bridgehead atoms. The monoisotopic (exact) mass is 283 g/mol. The van der Waals surface area contributed by atoms with E-state index >= 15 is 0 Å². The summed E-state index contributed by atoms with van der Waals surface area (Å²) in [4.78, 5) is 0. The van der Waals surface area contributed by atoms with Crippen molar-refractivity contribution in [2.24, 2.45) is 0 Å². The summed E-state index contributed by atoms with van der Waals surface area (Å²) in [6.07, 6.45) is 4.94. The molecular formula is C13H22ClN5. The van der Waals surface area contributed by atoms with Gasteiger partial charge in [0.25, 0.3) is 0 Å². The zero-order valence-electron chi connectivity index (χ0n) is 11.7. The SMILES string of the molecule is CCCn1ccc(NCc2ccnn2C(C)C)n1.Cl. The van der Waals surface area contributed by atoms with Crippen LogP contribution < -0.4 is 5.32 Å². The van der Waals surface area contributed by atoms with Gasteiger partial charge < -0.3 is 5.32 Å². The number of aryl methyl sites for hydroxylation is 1. The van der Waals surface area contributed by atoms with Gasteiger partial charge in [0.05, 0.1) is 12.2 Å². The molecule has 0 atom stereocenters. The van der Waals surface area contributed by atoms with Gasteiger partial charge in [0.1, 0.15) is 5.82 Å². The van der Waals surface area contributed by atoms with Crippen LogP contribution in [0, 0.1) is 0 Å². The lowest BCUT2D eigenvalue weighted by Crippen LogP contribution is -2.11. The highest BCUT2D eigenvalue weighted by Crippen LogP contribution is 2.10. The lowest BCUT2D eigenvalue weighted by atomic mass is 10.3. The Labute approximate surface area is 120 Å². The maximum absolute atomic E-state index is 4.45. The minimum absolute atomic E-state index is 0. The van der Waals surface area contributed by atoms with Crippen LogP contribution in [0.4, 0.5) is 5.82 Å². The number of hydrogen-bond donors (Lipinski definition) is 1. The molecule has 2 heterocycles. The zero-order valence-corrected chi connectivity index (χ0v) is 12.5. The second-order valence-corrected chi connectivity index (χ2v) is 4.68. The molecular weight excluding hydrogens is 262 g/mol. The number of rotatable bonds is 6. The molecule has 2 aromatic rings. The standard InChI is InChI=1S/C13H21N5.ClH/c1-4-8-17-9-6-13(16-17)14-10-12-5-7-15-18(12)11(2)3;/h5-7,9,11H,4,8,10H2,1-3H3,(H,14,16);1H. The average molecular weight is 284 g/mol. The number of halogens is 1. The highest BCUT2D eigenvalue weighted by Gasteiger charge is 2.06. The summed E-state index contributed by atoms with van der Waals surface area (Å²) in [5, 5.41) is 12.1. The van der Waals surface area contributed by atoms with Crippen molar-refractivity contribution < 1.29 is 0 Å². The van der Waals surface area contributed by atoms with Gasteiger partial charge in [0.2, 0.25) is 0 Å². The van der Waals surface area contributed by atoms with E-state index in [2.05, 4.69) is 36.3 Å². The van der Waals surface area contributed by atoms with E-state index in [1.165, 1.54) is 5.69 Å². The first-order valence-electron chi connectivity index (χ1n) is 6.50. The third-order valence-corrected chi connectivity index (χ3v) is 2.79. The molecule has 2 rings (SSSR count). The van der Waals surface area contributed by atoms with Crippen molar-refractivity contribution in [3.05, 3.63) is 30.2 Å². The third-order valence-electron chi connectivity index (χ3n) is 2.79. The lowest BCUT2D eigenvalue weighted by molar-refractivity contribution is 0.512. The Morgan fingerprint density at radius 3 is 2.79 bits per heavy atom. The third kappa shape index (κ3) is 3.99. The Bertz CT molecular complexity index is 489. The molecule has 6 heteroatoms. The summed E-state index contributed by atoms with van der Waals surface area (Å²) in [6.45, 7) is 8.13. The van der Waals surface area contributed by atoms with E-state index in [-0.39, 0.29) is 12.4 Å². The molecule has 0 saturated heterocycles. The Hall–Kier alpha value is -1.49. The van der Waals surface area contributed by atoms with Crippen molar-refractivity contribution in [1.82, 2.24) is 19.6 Å². The quantitative estimate of drug-likeness (QED) is 0.886. The first-order valence-corrected chi connectivity index (χ1v) is 6.50. The predicted octanol–water partition coefficient (Wildman–Crippen LogP) is 3.10. The maximum Gasteiger partial charge on any atom is 0.148 e.